The van der Waals surface area contributed by atoms with Crippen LogP contribution in [-0.4, -0.2) is 5.38 Å². The second-order valence-corrected chi connectivity index (χ2v) is 4.53. The summed E-state index contributed by atoms with van der Waals surface area (Å²) in [5.74, 6) is 0.546. The third-order valence-electron chi connectivity index (χ3n) is 2.46. The van der Waals surface area contributed by atoms with Crippen LogP contribution in [0.2, 0.25) is 0 Å². The number of rotatable bonds is 3. The highest BCUT2D eigenvalue weighted by atomic mass is 35.5. The minimum absolute atomic E-state index is 0.251. The fourth-order valence-corrected chi connectivity index (χ4v) is 1.35. The molecule has 2 atom stereocenters. The van der Waals surface area contributed by atoms with E-state index in [1.807, 2.05) is 0 Å². The maximum Gasteiger partial charge on any atom is 0.0336 e. The lowest BCUT2D eigenvalue weighted by Gasteiger charge is -2.13. The first-order chi connectivity index (χ1) is 6.09. The molecule has 1 rings (SSSR count). The van der Waals surface area contributed by atoms with E-state index >= 15 is 0 Å². The van der Waals surface area contributed by atoms with Gasteiger partial charge in [-0.15, -0.1) is 11.6 Å². The fraction of sp³-hybridized carbons (Fsp3) is 0.500. The molecule has 1 aromatic carbocycles. The van der Waals surface area contributed by atoms with Gasteiger partial charge >= 0.3 is 0 Å². The maximum absolute atomic E-state index is 6.01. The monoisotopic (exact) mass is 196 g/mol. The molecule has 0 heterocycles. The van der Waals surface area contributed by atoms with Crippen LogP contribution in [0.4, 0.5) is 0 Å². The predicted octanol–water partition coefficient (Wildman–Crippen LogP) is 3.80. The van der Waals surface area contributed by atoms with Gasteiger partial charge in [0.05, 0.1) is 0 Å². The Bertz CT molecular complexity index is 248. The van der Waals surface area contributed by atoms with Crippen molar-refractivity contribution < 1.29 is 0 Å². The van der Waals surface area contributed by atoms with E-state index in [0.29, 0.717) is 5.92 Å². The summed E-state index contributed by atoms with van der Waals surface area (Å²) in [7, 11) is 0. The van der Waals surface area contributed by atoms with Crippen molar-refractivity contribution in [1.29, 1.82) is 0 Å². The summed E-state index contributed by atoms with van der Waals surface area (Å²) in [6.45, 7) is 6.36. The molecule has 1 aromatic rings. The Kier molecular flexibility index (Phi) is 3.80. The summed E-state index contributed by atoms with van der Waals surface area (Å²) in [6.07, 6.45) is 1.07. The van der Waals surface area contributed by atoms with Crippen molar-refractivity contribution in [2.45, 2.75) is 32.6 Å². The predicted molar refractivity (Wildman–Crippen MR) is 59.4 cm³/mol. The third-order valence-corrected chi connectivity index (χ3v) is 2.89. The van der Waals surface area contributed by atoms with E-state index in [1.165, 1.54) is 11.1 Å². The first kappa shape index (κ1) is 10.6. The molecule has 0 aliphatic rings. The zero-order valence-electron chi connectivity index (χ0n) is 8.55. The van der Waals surface area contributed by atoms with Crippen LogP contribution in [0, 0.1) is 12.8 Å². The average Bonchev–Trinajstić information content (AvgIpc) is 2.08. The molecular formula is C12H17Cl. The van der Waals surface area contributed by atoms with Crippen LogP contribution in [0.25, 0.3) is 0 Å². The Hall–Kier alpha value is -0.490. The highest BCUT2D eigenvalue weighted by Gasteiger charge is 2.09. The number of halogens is 1. The van der Waals surface area contributed by atoms with Crippen molar-refractivity contribution in [2.24, 2.45) is 5.92 Å². The second-order valence-electron chi connectivity index (χ2n) is 3.84. The van der Waals surface area contributed by atoms with Gasteiger partial charge in [0.2, 0.25) is 0 Å². The molecule has 2 unspecified atom stereocenters. The molecule has 0 aliphatic carbocycles. The average molecular weight is 197 g/mol. The fourth-order valence-electron chi connectivity index (χ4n) is 1.26. The van der Waals surface area contributed by atoms with Crippen LogP contribution in [0.5, 0.6) is 0 Å². The summed E-state index contributed by atoms with van der Waals surface area (Å²) < 4.78 is 0. The van der Waals surface area contributed by atoms with E-state index in [-0.39, 0.29) is 5.38 Å². The summed E-state index contributed by atoms with van der Waals surface area (Å²) in [5, 5.41) is 0.251. The standard InChI is InChI=1S/C12H17Cl/c1-9-4-6-12(7-5-9)8-10(2)11(3)13/h4-7,10-11H,8H2,1-3H3. The first-order valence-electron chi connectivity index (χ1n) is 4.79. The molecule has 72 valence electrons. The van der Waals surface area contributed by atoms with Crippen molar-refractivity contribution in [3.8, 4) is 0 Å². The van der Waals surface area contributed by atoms with E-state index in [0.717, 1.165) is 6.42 Å². The Morgan fingerprint density at radius 3 is 2.15 bits per heavy atom. The Morgan fingerprint density at radius 2 is 1.69 bits per heavy atom. The number of benzene rings is 1. The summed E-state index contributed by atoms with van der Waals surface area (Å²) in [5.41, 5.74) is 2.70. The second kappa shape index (κ2) is 4.66. The van der Waals surface area contributed by atoms with Crippen LogP contribution in [-0.2, 0) is 6.42 Å². The zero-order valence-corrected chi connectivity index (χ0v) is 9.31. The highest BCUT2D eigenvalue weighted by Crippen LogP contribution is 2.16. The number of hydrogen-bond donors (Lipinski definition) is 0. The summed E-state index contributed by atoms with van der Waals surface area (Å²) >= 11 is 6.01. The Balaban J connectivity index is 2.59. The minimum atomic E-state index is 0.251. The number of alkyl halides is 1. The molecule has 0 amide bonds. The molecule has 0 saturated carbocycles. The van der Waals surface area contributed by atoms with E-state index in [4.69, 9.17) is 11.6 Å². The van der Waals surface area contributed by atoms with Gasteiger partial charge in [-0.05, 0) is 31.7 Å². The largest absolute Gasteiger partial charge is 0.123 e. The molecular weight excluding hydrogens is 180 g/mol. The topological polar surface area (TPSA) is 0 Å². The number of hydrogen-bond acceptors (Lipinski definition) is 0. The smallest absolute Gasteiger partial charge is 0.0336 e. The maximum atomic E-state index is 6.01. The van der Waals surface area contributed by atoms with Crippen LogP contribution in [0.15, 0.2) is 24.3 Å². The molecule has 0 saturated heterocycles. The van der Waals surface area contributed by atoms with Crippen molar-refractivity contribution in [2.75, 3.05) is 0 Å². The lowest BCUT2D eigenvalue weighted by atomic mass is 9.98. The lowest BCUT2D eigenvalue weighted by molar-refractivity contribution is 0.568. The normalized spacial score (nSPS) is 15.4. The van der Waals surface area contributed by atoms with E-state index in [9.17, 15) is 0 Å². The van der Waals surface area contributed by atoms with Crippen LogP contribution >= 0.6 is 11.6 Å². The van der Waals surface area contributed by atoms with Gasteiger partial charge in [0, 0.05) is 5.38 Å². The van der Waals surface area contributed by atoms with Gasteiger partial charge in [-0.1, -0.05) is 36.8 Å². The molecule has 13 heavy (non-hydrogen) atoms. The minimum Gasteiger partial charge on any atom is -0.123 e. The van der Waals surface area contributed by atoms with Crippen molar-refractivity contribution in [3.05, 3.63) is 35.4 Å². The molecule has 1 heteroatoms. The molecule has 0 bridgehead atoms. The van der Waals surface area contributed by atoms with Gasteiger partial charge in [-0.2, -0.15) is 0 Å². The van der Waals surface area contributed by atoms with Gasteiger partial charge in [-0.25, -0.2) is 0 Å². The van der Waals surface area contributed by atoms with Gasteiger partial charge < -0.3 is 0 Å². The Morgan fingerprint density at radius 1 is 1.15 bits per heavy atom. The molecule has 0 N–H and O–H groups in total. The quantitative estimate of drug-likeness (QED) is 0.646. The van der Waals surface area contributed by atoms with Crippen LogP contribution in [0.3, 0.4) is 0 Å². The molecule has 0 radical (unpaired) electrons. The lowest BCUT2D eigenvalue weighted by Crippen LogP contribution is -2.09. The van der Waals surface area contributed by atoms with Crippen LogP contribution < -0.4 is 0 Å². The molecule has 0 spiro atoms. The molecule has 0 nitrogen and oxygen atoms in total. The van der Waals surface area contributed by atoms with E-state index in [2.05, 4.69) is 45.0 Å². The zero-order chi connectivity index (χ0) is 9.84. The van der Waals surface area contributed by atoms with Crippen LogP contribution in [0.1, 0.15) is 25.0 Å². The third kappa shape index (κ3) is 3.40. The van der Waals surface area contributed by atoms with Gasteiger partial charge in [-0.3, -0.25) is 0 Å². The molecule has 0 aromatic heterocycles. The van der Waals surface area contributed by atoms with Crippen molar-refractivity contribution >= 4 is 11.6 Å². The van der Waals surface area contributed by atoms with Crippen molar-refractivity contribution in [1.82, 2.24) is 0 Å². The van der Waals surface area contributed by atoms with Gasteiger partial charge in [0.25, 0.3) is 0 Å². The highest BCUT2D eigenvalue weighted by molar-refractivity contribution is 6.20. The van der Waals surface area contributed by atoms with Gasteiger partial charge in [0.1, 0.15) is 0 Å². The SMILES string of the molecule is Cc1ccc(CC(C)C(C)Cl)cc1. The molecule has 0 fully saturated rings. The summed E-state index contributed by atoms with van der Waals surface area (Å²) in [6, 6.07) is 8.68. The molecule has 0 aliphatic heterocycles. The van der Waals surface area contributed by atoms with E-state index < -0.39 is 0 Å². The summed E-state index contributed by atoms with van der Waals surface area (Å²) in [4.78, 5) is 0. The Labute approximate surface area is 85.9 Å². The van der Waals surface area contributed by atoms with E-state index in [1.54, 1.807) is 0 Å². The van der Waals surface area contributed by atoms with Gasteiger partial charge in [0.15, 0.2) is 0 Å². The first-order valence-corrected chi connectivity index (χ1v) is 5.23. The number of aryl methyl sites for hydroxylation is 1. The van der Waals surface area contributed by atoms with Crippen molar-refractivity contribution in [3.63, 3.8) is 0 Å².